The molecule has 0 bridgehead atoms. The number of rotatable bonds is 3. The lowest BCUT2D eigenvalue weighted by Crippen LogP contribution is -1.90. The number of hydrogen-bond acceptors (Lipinski definition) is 3. The lowest BCUT2D eigenvalue weighted by molar-refractivity contribution is 0.112. The molecule has 2 nitrogen and oxygen atoms in total. The number of pyridine rings is 1. The third-order valence-corrected chi connectivity index (χ3v) is 3.07. The summed E-state index contributed by atoms with van der Waals surface area (Å²) in [5.74, 6) is 0. The van der Waals surface area contributed by atoms with E-state index >= 15 is 0 Å². The van der Waals surface area contributed by atoms with Crippen molar-refractivity contribution in [1.82, 2.24) is 4.98 Å². The summed E-state index contributed by atoms with van der Waals surface area (Å²) >= 11 is 7.22. The monoisotopic (exact) mass is 237 g/mol. The molecule has 0 aliphatic rings. The minimum Gasteiger partial charge on any atom is -0.297 e. The standard InChI is InChI=1S/C11H8ClNOS/c12-11-3-1-2-9(13-11)4-8-5-10(6-14)15-7-8/h1-3,5-7H,4H2. The largest absolute Gasteiger partial charge is 0.297 e. The molecule has 0 unspecified atom stereocenters. The van der Waals surface area contributed by atoms with Crippen molar-refractivity contribution in [3.8, 4) is 0 Å². The number of hydrogen-bond donors (Lipinski definition) is 0. The van der Waals surface area contributed by atoms with Crippen LogP contribution in [0.3, 0.4) is 0 Å². The fraction of sp³-hybridized carbons (Fsp3) is 0.0909. The van der Waals surface area contributed by atoms with E-state index in [1.54, 1.807) is 6.07 Å². The van der Waals surface area contributed by atoms with Crippen LogP contribution in [0.1, 0.15) is 20.9 Å². The van der Waals surface area contributed by atoms with Crippen LogP contribution in [0.5, 0.6) is 0 Å². The normalized spacial score (nSPS) is 10.2. The van der Waals surface area contributed by atoms with Crippen molar-refractivity contribution in [3.63, 3.8) is 0 Å². The van der Waals surface area contributed by atoms with Crippen molar-refractivity contribution >= 4 is 29.2 Å². The number of thiophene rings is 1. The van der Waals surface area contributed by atoms with Gasteiger partial charge in [0.05, 0.1) is 4.88 Å². The lowest BCUT2D eigenvalue weighted by atomic mass is 10.2. The molecule has 0 amide bonds. The van der Waals surface area contributed by atoms with Crippen LogP contribution in [0.4, 0.5) is 0 Å². The second-order valence-corrected chi connectivity index (χ2v) is 4.43. The number of nitrogens with zero attached hydrogens (tertiary/aromatic N) is 1. The highest BCUT2D eigenvalue weighted by atomic mass is 35.5. The highest BCUT2D eigenvalue weighted by molar-refractivity contribution is 7.11. The van der Waals surface area contributed by atoms with Crippen LogP contribution in [0.15, 0.2) is 29.6 Å². The Morgan fingerprint density at radius 1 is 1.47 bits per heavy atom. The Morgan fingerprint density at radius 2 is 2.33 bits per heavy atom. The molecule has 2 aromatic heterocycles. The van der Waals surface area contributed by atoms with E-state index in [2.05, 4.69) is 4.98 Å². The minimum absolute atomic E-state index is 0.498. The third kappa shape index (κ3) is 2.64. The zero-order valence-corrected chi connectivity index (χ0v) is 9.39. The van der Waals surface area contributed by atoms with Gasteiger partial charge in [-0.3, -0.25) is 4.79 Å². The number of aldehydes is 1. The quantitative estimate of drug-likeness (QED) is 0.606. The maximum absolute atomic E-state index is 10.5. The van der Waals surface area contributed by atoms with Gasteiger partial charge in [0.15, 0.2) is 6.29 Å². The molecule has 0 spiro atoms. The summed E-state index contributed by atoms with van der Waals surface area (Å²) in [4.78, 5) is 15.4. The van der Waals surface area contributed by atoms with E-state index in [4.69, 9.17) is 11.6 Å². The molecule has 15 heavy (non-hydrogen) atoms. The van der Waals surface area contributed by atoms with Crippen LogP contribution >= 0.6 is 22.9 Å². The van der Waals surface area contributed by atoms with Gasteiger partial charge >= 0.3 is 0 Å². The first-order chi connectivity index (χ1) is 7.28. The van der Waals surface area contributed by atoms with E-state index in [1.807, 2.05) is 23.6 Å². The van der Waals surface area contributed by atoms with Gasteiger partial charge in [-0.2, -0.15) is 0 Å². The van der Waals surface area contributed by atoms with Crippen LogP contribution in [0.25, 0.3) is 0 Å². The molecule has 0 N–H and O–H groups in total. The molecule has 2 rings (SSSR count). The predicted octanol–water partition coefficient (Wildman–Crippen LogP) is 3.20. The molecule has 0 atom stereocenters. The number of carbonyl (C=O) groups is 1. The number of halogens is 1. The second kappa shape index (κ2) is 4.55. The maximum Gasteiger partial charge on any atom is 0.160 e. The summed E-state index contributed by atoms with van der Waals surface area (Å²) in [5, 5.41) is 2.46. The first-order valence-electron chi connectivity index (χ1n) is 4.42. The molecule has 0 saturated heterocycles. The topological polar surface area (TPSA) is 30.0 Å². The highest BCUT2D eigenvalue weighted by Gasteiger charge is 2.01. The Balaban J connectivity index is 2.18. The first kappa shape index (κ1) is 10.3. The Hall–Kier alpha value is -1.19. The summed E-state index contributed by atoms with van der Waals surface area (Å²) < 4.78 is 0. The van der Waals surface area contributed by atoms with Gasteiger partial charge in [0.25, 0.3) is 0 Å². The summed E-state index contributed by atoms with van der Waals surface area (Å²) in [6.07, 6.45) is 1.57. The molecular weight excluding hydrogens is 230 g/mol. The molecule has 0 radical (unpaired) electrons. The second-order valence-electron chi connectivity index (χ2n) is 3.10. The molecule has 0 fully saturated rings. The summed E-state index contributed by atoms with van der Waals surface area (Å²) in [5.41, 5.74) is 2.01. The lowest BCUT2D eigenvalue weighted by Gasteiger charge is -1.97. The van der Waals surface area contributed by atoms with E-state index in [1.165, 1.54) is 11.3 Å². The molecule has 0 aromatic carbocycles. The van der Waals surface area contributed by atoms with Gasteiger partial charge in [-0.05, 0) is 29.1 Å². The van der Waals surface area contributed by atoms with Gasteiger partial charge in [0, 0.05) is 12.1 Å². The zero-order valence-electron chi connectivity index (χ0n) is 7.81. The number of carbonyl (C=O) groups excluding carboxylic acids is 1. The average Bonchev–Trinajstić information content (AvgIpc) is 2.65. The van der Waals surface area contributed by atoms with Crippen LogP contribution in [-0.4, -0.2) is 11.3 Å². The van der Waals surface area contributed by atoms with Crippen molar-refractivity contribution in [3.05, 3.63) is 50.9 Å². The summed E-state index contributed by atoms with van der Waals surface area (Å²) in [6, 6.07) is 7.41. The van der Waals surface area contributed by atoms with E-state index in [0.717, 1.165) is 22.4 Å². The smallest absolute Gasteiger partial charge is 0.160 e. The van der Waals surface area contributed by atoms with Crippen LogP contribution in [0, 0.1) is 0 Å². The summed E-state index contributed by atoms with van der Waals surface area (Å²) in [6.45, 7) is 0. The van der Waals surface area contributed by atoms with Gasteiger partial charge in [-0.25, -0.2) is 4.98 Å². The van der Waals surface area contributed by atoms with Gasteiger partial charge in [-0.15, -0.1) is 11.3 Å². The highest BCUT2D eigenvalue weighted by Crippen LogP contribution is 2.16. The Bertz CT molecular complexity index is 481. The molecule has 0 saturated carbocycles. The molecule has 4 heteroatoms. The minimum atomic E-state index is 0.498. The fourth-order valence-corrected chi connectivity index (χ4v) is 2.20. The van der Waals surface area contributed by atoms with Gasteiger partial charge in [-0.1, -0.05) is 17.7 Å². The van der Waals surface area contributed by atoms with E-state index in [0.29, 0.717) is 11.6 Å². The van der Waals surface area contributed by atoms with Gasteiger partial charge in [0.2, 0.25) is 0 Å². The molecular formula is C11H8ClNOS. The molecule has 0 aliphatic heterocycles. The van der Waals surface area contributed by atoms with E-state index in [9.17, 15) is 4.79 Å². The van der Waals surface area contributed by atoms with E-state index < -0.39 is 0 Å². The molecule has 2 heterocycles. The van der Waals surface area contributed by atoms with Gasteiger partial charge < -0.3 is 0 Å². The Kier molecular flexibility index (Phi) is 3.14. The van der Waals surface area contributed by atoms with Crippen molar-refractivity contribution in [2.45, 2.75) is 6.42 Å². The molecule has 2 aromatic rings. The third-order valence-electron chi connectivity index (χ3n) is 1.95. The average molecular weight is 238 g/mol. The first-order valence-corrected chi connectivity index (χ1v) is 5.68. The van der Waals surface area contributed by atoms with Crippen molar-refractivity contribution in [2.24, 2.45) is 0 Å². The van der Waals surface area contributed by atoms with Gasteiger partial charge in [0.1, 0.15) is 5.15 Å². The number of aromatic nitrogens is 1. The predicted molar refractivity (Wildman–Crippen MR) is 61.8 cm³/mol. The van der Waals surface area contributed by atoms with Crippen molar-refractivity contribution < 1.29 is 4.79 Å². The molecule has 76 valence electrons. The SMILES string of the molecule is O=Cc1cc(Cc2cccc(Cl)n2)cs1. The maximum atomic E-state index is 10.5. The Labute approximate surface area is 96.5 Å². The fourth-order valence-electron chi connectivity index (χ4n) is 1.31. The Morgan fingerprint density at radius 3 is 3.00 bits per heavy atom. The molecule has 0 aliphatic carbocycles. The zero-order chi connectivity index (χ0) is 10.7. The van der Waals surface area contributed by atoms with Crippen molar-refractivity contribution in [2.75, 3.05) is 0 Å². The van der Waals surface area contributed by atoms with Crippen LogP contribution in [0.2, 0.25) is 5.15 Å². The van der Waals surface area contributed by atoms with Crippen molar-refractivity contribution in [1.29, 1.82) is 0 Å². The van der Waals surface area contributed by atoms with Crippen LogP contribution in [-0.2, 0) is 6.42 Å². The summed E-state index contributed by atoms with van der Waals surface area (Å²) in [7, 11) is 0. The van der Waals surface area contributed by atoms with Crippen LogP contribution < -0.4 is 0 Å². The van der Waals surface area contributed by atoms with E-state index in [-0.39, 0.29) is 0 Å².